The molecule has 0 N–H and O–H groups in total. The predicted octanol–water partition coefficient (Wildman–Crippen LogP) is 5.64. The average Bonchev–Trinajstić information content (AvgIpc) is 3.08. The van der Waals surface area contributed by atoms with Crippen molar-refractivity contribution in [3.05, 3.63) is 97.1 Å². The number of rotatable bonds is 2. The van der Waals surface area contributed by atoms with E-state index in [-0.39, 0.29) is 20.1 Å². The first-order chi connectivity index (χ1) is 12.4. The molecule has 2 nitrogen and oxygen atoms in total. The van der Waals surface area contributed by atoms with Crippen LogP contribution in [0.2, 0.25) is 0 Å². The molecule has 0 fully saturated rings. The third-order valence-electron chi connectivity index (χ3n) is 4.50. The summed E-state index contributed by atoms with van der Waals surface area (Å²) in [5.74, 6) is 0.915. The normalized spacial score (nSPS) is 10.8. The van der Waals surface area contributed by atoms with E-state index in [2.05, 4.69) is 83.4 Å². The first-order valence-electron chi connectivity index (χ1n) is 8.34. The molecule has 5 aromatic rings. The van der Waals surface area contributed by atoms with Crippen LogP contribution in [0.4, 0.5) is 0 Å². The topological polar surface area (TPSA) is 17.8 Å². The molecule has 0 saturated heterocycles. The van der Waals surface area contributed by atoms with Crippen molar-refractivity contribution >= 4 is 21.8 Å². The zero-order valence-electron chi connectivity index (χ0n) is 13.9. The Morgan fingerprint density at radius 1 is 0.731 bits per heavy atom. The van der Waals surface area contributed by atoms with Gasteiger partial charge < -0.3 is 4.57 Å². The smallest absolute Gasteiger partial charge is 0.0774 e. The molecule has 127 valence electrons. The van der Waals surface area contributed by atoms with Crippen LogP contribution >= 0.6 is 0 Å². The van der Waals surface area contributed by atoms with Gasteiger partial charge in [0.25, 0.3) is 0 Å². The number of fused-ring (bicyclic) bond motifs is 2. The molecule has 1 aromatic heterocycles. The summed E-state index contributed by atoms with van der Waals surface area (Å²) in [6.45, 7) is 0. The molecule has 0 aliphatic rings. The molecule has 1 radical (unpaired) electrons. The van der Waals surface area contributed by atoms with E-state index in [0.717, 1.165) is 28.1 Å². The summed E-state index contributed by atoms with van der Waals surface area (Å²) >= 11 is 0. The zero-order valence-corrected chi connectivity index (χ0v) is 16.3. The molecule has 0 amide bonds. The van der Waals surface area contributed by atoms with Gasteiger partial charge in [0.05, 0.1) is 16.9 Å². The molecule has 0 unspecified atom stereocenters. The first kappa shape index (κ1) is 16.7. The molecule has 0 aliphatic carbocycles. The maximum Gasteiger partial charge on any atom is 0.0774 e. The molecule has 26 heavy (non-hydrogen) atoms. The van der Waals surface area contributed by atoms with Gasteiger partial charge in [-0.25, -0.2) is 0 Å². The predicted molar refractivity (Wildman–Crippen MR) is 103 cm³/mol. The van der Waals surface area contributed by atoms with Crippen molar-refractivity contribution in [2.75, 3.05) is 0 Å². The minimum atomic E-state index is 0. The summed E-state index contributed by atoms with van der Waals surface area (Å²) in [7, 11) is 0. The minimum Gasteiger partial charge on any atom is -0.333 e. The van der Waals surface area contributed by atoms with Gasteiger partial charge in [0.2, 0.25) is 0 Å². The summed E-state index contributed by atoms with van der Waals surface area (Å²) in [4.78, 5) is 4.90. The molecule has 0 atom stereocenters. The van der Waals surface area contributed by atoms with E-state index >= 15 is 0 Å². The number of benzene rings is 4. The Labute approximate surface area is 165 Å². The number of imidazole rings is 1. The van der Waals surface area contributed by atoms with Crippen LogP contribution in [-0.2, 0) is 20.1 Å². The molecule has 3 heteroatoms. The van der Waals surface area contributed by atoms with Gasteiger partial charge in [-0.15, -0.1) is 29.1 Å². The second-order valence-electron chi connectivity index (χ2n) is 6.07. The Balaban J connectivity index is 0.00000168. The molecule has 0 spiro atoms. The van der Waals surface area contributed by atoms with E-state index in [0.29, 0.717) is 0 Å². The van der Waals surface area contributed by atoms with Crippen LogP contribution in [-0.4, -0.2) is 9.55 Å². The number of nitrogens with zero attached hydrogens (tertiary/aromatic N) is 2. The molecular formula is C23H15IrN2-. The van der Waals surface area contributed by atoms with Crippen molar-refractivity contribution in [1.82, 2.24) is 9.55 Å². The second kappa shape index (κ2) is 6.87. The quantitative estimate of drug-likeness (QED) is 0.281. The average molecular weight is 512 g/mol. The van der Waals surface area contributed by atoms with E-state index in [4.69, 9.17) is 4.98 Å². The molecule has 0 bridgehead atoms. The largest absolute Gasteiger partial charge is 0.333 e. The second-order valence-corrected chi connectivity index (χ2v) is 6.07. The Kier molecular flexibility index (Phi) is 4.42. The third-order valence-corrected chi connectivity index (χ3v) is 4.50. The van der Waals surface area contributed by atoms with E-state index in [1.165, 1.54) is 10.8 Å². The van der Waals surface area contributed by atoms with Crippen molar-refractivity contribution < 1.29 is 20.1 Å². The van der Waals surface area contributed by atoms with Crippen molar-refractivity contribution in [3.63, 3.8) is 0 Å². The van der Waals surface area contributed by atoms with Crippen molar-refractivity contribution in [1.29, 1.82) is 0 Å². The van der Waals surface area contributed by atoms with Crippen LogP contribution in [0.1, 0.15) is 0 Å². The van der Waals surface area contributed by atoms with Crippen LogP contribution < -0.4 is 0 Å². The van der Waals surface area contributed by atoms with E-state index in [1.807, 2.05) is 18.2 Å². The van der Waals surface area contributed by atoms with E-state index < -0.39 is 0 Å². The van der Waals surface area contributed by atoms with E-state index in [1.54, 1.807) is 0 Å². The molecule has 0 saturated carbocycles. The van der Waals surface area contributed by atoms with E-state index in [9.17, 15) is 0 Å². The summed E-state index contributed by atoms with van der Waals surface area (Å²) < 4.78 is 2.20. The summed E-state index contributed by atoms with van der Waals surface area (Å²) in [6, 6.07) is 34.6. The van der Waals surface area contributed by atoms with Gasteiger partial charge in [0.1, 0.15) is 0 Å². The van der Waals surface area contributed by atoms with Crippen LogP contribution in [0.15, 0.2) is 91.0 Å². The maximum atomic E-state index is 4.90. The fourth-order valence-corrected chi connectivity index (χ4v) is 3.30. The van der Waals surface area contributed by atoms with Gasteiger partial charge in [-0.05, 0) is 24.3 Å². The molecule has 4 aromatic carbocycles. The number of hydrogen-bond donors (Lipinski definition) is 0. The number of hydrogen-bond acceptors (Lipinski definition) is 1. The van der Waals surface area contributed by atoms with Gasteiger partial charge >= 0.3 is 0 Å². The van der Waals surface area contributed by atoms with Crippen LogP contribution in [0.25, 0.3) is 38.9 Å². The summed E-state index contributed by atoms with van der Waals surface area (Å²) in [5, 5.41) is 2.39. The number of aromatic nitrogens is 2. The van der Waals surface area contributed by atoms with Gasteiger partial charge in [0, 0.05) is 25.8 Å². The molecule has 1 heterocycles. The summed E-state index contributed by atoms with van der Waals surface area (Å²) in [5.41, 5.74) is 4.19. The van der Waals surface area contributed by atoms with Crippen molar-refractivity contribution in [3.8, 4) is 17.1 Å². The molecule has 5 rings (SSSR count). The Bertz CT molecular complexity index is 1190. The fourth-order valence-electron chi connectivity index (χ4n) is 3.30. The SMILES string of the molecule is [Ir].[c-]1cc2ccccc2cc1-c1nc2ccccc2n1-c1ccccc1. The third kappa shape index (κ3) is 2.76. The van der Waals surface area contributed by atoms with Gasteiger partial charge in [-0.2, -0.15) is 0 Å². The minimum absolute atomic E-state index is 0. The van der Waals surface area contributed by atoms with Gasteiger partial charge in [0.15, 0.2) is 0 Å². The Hall–Kier alpha value is -2.74. The Morgan fingerprint density at radius 2 is 1.42 bits per heavy atom. The van der Waals surface area contributed by atoms with Gasteiger partial charge in [-0.1, -0.05) is 60.0 Å². The fraction of sp³-hybridized carbons (Fsp3) is 0. The van der Waals surface area contributed by atoms with Crippen LogP contribution in [0, 0.1) is 6.07 Å². The number of para-hydroxylation sites is 3. The van der Waals surface area contributed by atoms with Crippen LogP contribution in [0.5, 0.6) is 0 Å². The van der Waals surface area contributed by atoms with Crippen molar-refractivity contribution in [2.45, 2.75) is 0 Å². The molecule has 0 aliphatic heterocycles. The standard InChI is InChI=1S/C23H15N2.Ir/c1-2-10-20(11-3-1)25-22-13-7-6-12-21(22)24-23(25)19-15-14-17-8-4-5-9-18(17)16-19;/h1-14,16H;/q-1;. The maximum absolute atomic E-state index is 4.90. The van der Waals surface area contributed by atoms with Crippen molar-refractivity contribution in [2.24, 2.45) is 0 Å². The molecular weight excluding hydrogens is 496 g/mol. The monoisotopic (exact) mass is 512 g/mol. The van der Waals surface area contributed by atoms with Gasteiger partial charge in [-0.3, -0.25) is 4.98 Å². The van der Waals surface area contributed by atoms with Crippen LogP contribution in [0.3, 0.4) is 0 Å². The Morgan fingerprint density at radius 3 is 2.27 bits per heavy atom. The first-order valence-corrected chi connectivity index (χ1v) is 8.34. The zero-order chi connectivity index (χ0) is 16.6. The summed E-state index contributed by atoms with van der Waals surface area (Å²) in [6.07, 6.45) is 0.